The Balaban J connectivity index is 1.29. The van der Waals surface area contributed by atoms with Gasteiger partial charge in [0.05, 0.1) is 18.8 Å². The largest absolute Gasteiger partial charge is 0.381 e. The van der Waals surface area contributed by atoms with E-state index in [1.165, 1.54) is 32.1 Å². The third-order valence-corrected chi connectivity index (χ3v) is 11.1. The predicted molar refractivity (Wildman–Crippen MR) is 122 cm³/mol. The second-order valence-electron chi connectivity index (χ2n) is 12.5. The van der Waals surface area contributed by atoms with Crippen molar-refractivity contribution in [2.24, 2.45) is 46.3 Å². The number of fused-ring (bicyclic) bond motifs is 7. The molecular formula is C28H42O3. The van der Waals surface area contributed by atoms with Crippen LogP contribution in [0, 0.1) is 46.3 Å². The van der Waals surface area contributed by atoms with E-state index in [9.17, 15) is 0 Å². The first-order chi connectivity index (χ1) is 14.8. The van der Waals surface area contributed by atoms with Gasteiger partial charge >= 0.3 is 0 Å². The first-order valence-corrected chi connectivity index (χ1v) is 13.0. The van der Waals surface area contributed by atoms with Crippen molar-refractivity contribution in [1.29, 1.82) is 0 Å². The highest BCUT2D eigenvalue weighted by molar-refractivity contribution is 5.31. The highest BCUT2D eigenvalue weighted by atomic mass is 16.7. The van der Waals surface area contributed by atoms with Gasteiger partial charge in [0, 0.05) is 25.4 Å². The van der Waals surface area contributed by atoms with Crippen LogP contribution < -0.4 is 0 Å². The molecule has 0 radical (unpaired) electrons. The van der Waals surface area contributed by atoms with Gasteiger partial charge in [-0.25, -0.2) is 0 Å². The predicted octanol–water partition coefficient (Wildman–Crippen LogP) is 6.14. The van der Waals surface area contributed by atoms with E-state index < -0.39 is 0 Å². The fraction of sp³-hybridized carbons (Fsp3) is 0.857. The molecule has 0 aromatic heterocycles. The minimum absolute atomic E-state index is 0.243. The molecule has 6 rings (SSSR count). The van der Waals surface area contributed by atoms with Crippen LogP contribution in [-0.2, 0) is 14.2 Å². The van der Waals surface area contributed by atoms with Crippen LogP contribution in [0.25, 0.3) is 0 Å². The van der Waals surface area contributed by atoms with E-state index in [-0.39, 0.29) is 11.2 Å². The van der Waals surface area contributed by atoms with Gasteiger partial charge in [0.15, 0.2) is 5.79 Å². The molecule has 2 aliphatic heterocycles. The van der Waals surface area contributed by atoms with Crippen molar-refractivity contribution in [3.05, 3.63) is 23.8 Å². The molecule has 31 heavy (non-hydrogen) atoms. The molecule has 172 valence electrons. The van der Waals surface area contributed by atoms with Crippen LogP contribution in [0.4, 0.5) is 0 Å². The molecule has 0 amide bonds. The zero-order chi connectivity index (χ0) is 21.6. The molecule has 0 bridgehead atoms. The molecule has 11 atom stereocenters. The van der Waals surface area contributed by atoms with E-state index in [1.807, 2.05) is 7.11 Å². The minimum atomic E-state index is -0.315. The van der Waals surface area contributed by atoms with Gasteiger partial charge in [-0.3, -0.25) is 0 Å². The van der Waals surface area contributed by atoms with Crippen molar-refractivity contribution >= 4 is 0 Å². The maximum Gasteiger partial charge on any atom is 0.171 e. The molecule has 0 N–H and O–H groups in total. The lowest BCUT2D eigenvalue weighted by Gasteiger charge is -2.56. The Labute approximate surface area is 189 Å². The molecular weight excluding hydrogens is 384 g/mol. The van der Waals surface area contributed by atoms with Gasteiger partial charge in [-0.15, -0.1) is 0 Å². The van der Waals surface area contributed by atoms with Crippen LogP contribution in [-0.4, -0.2) is 31.7 Å². The second kappa shape index (κ2) is 6.93. The van der Waals surface area contributed by atoms with Gasteiger partial charge < -0.3 is 14.2 Å². The molecule has 0 aromatic rings. The van der Waals surface area contributed by atoms with Crippen LogP contribution >= 0.6 is 0 Å². The molecule has 2 saturated heterocycles. The van der Waals surface area contributed by atoms with E-state index in [4.69, 9.17) is 14.2 Å². The lowest BCUT2D eigenvalue weighted by molar-refractivity contribution is -0.271. The van der Waals surface area contributed by atoms with Gasteiger partial charge in [-0.1, -0.05) is 51.5 Å². The monoisotopic (exact) mass is 426 g/mol. The van der Waals surface area contributed by atoms with E-state index in [1.54, 1.807) is 5.57 Å². The van der Waals surface area contributed by atoms with Gasteiger partial charge in [-0.2, -0.15) is 0 Å². The van der Waals surface area contributed by atoms with Gasteiger partial charge in [0.1, 0.15) is 0 Å². The number of hydrogen-bond acceptors (Lipinski definition) is 3. The van der Waals surface area contributed by atoms with Gasteiger partial charge in [0.2, 0.25) is 0 Å². The third-order valence-electron chi connectivity index (χ3n) is 11.1. The summed E-state index contributed by atoms with van der Waals surface area (Å²) < 4.78 is 19.1. The summed E-state index contributed by atoms with van der Waals surface area (Å²) >= 11 is 0. The summed E-state index contributed by atoms with van der Waals surface area (Å²) in [6.45, 7) is 10.7. The number of allylic oxidation sites excluding steroid dienone is 3. The molecule has 3 heteroatoms. The fourth-order valence-electron chi connectivity index (χ4n) is 9.21. The zero-order valence-electron chi connectivity index (χ0n) is 20.2. The SMILES string of the molecule is CO[C@H]1CC[C@@]2(C)C(=CC[C@H]3[C@@H]4C[C@@H]5O[C@]6(CC[C@@H](C)CO6)[C@@H](C)[C@@H]5[C@@]4(C)C=C[C@@H]32)C1. The zero-order valence-corrected chi connectivity index (χ0v) is 20.2. The van der Waals surface area contributed by atoms with Crippen LogP contribution in [0.5, 0.6) is 0 Å². The van der Waals surface area contributed by atoms with Crippen molar-refractivity contribution < 1.29 is 14.2 Å². The molecule has 0 unspecified atom stereocenters. The second-order valence-corrected chi connectivity index (χ2v) is 12.5. The molecule has 2 saturated carbocycles. The Morgan fingerprint density at radius 1 is 1.13 bits per heavy atom. The fourth-order valence-corrected chi connectivity index (χ4v) is 9.21. The molecule has 3 nitrogen and oxygen atoms in total. The number of hydrogen-bond donors (Lipinski definition) is 0. The summed E-state index contributed by atoms with van der Waals surface area (Å²) in [6.07, 6.45) is 17.1. The maximum atomic E-state index is 6.88. The Morgan fingerprint density at radius 3 is 2.71 bits per heavy atom. The standard InChI is InChI=1S/C28H42O3/c1-17-8-13-28(30-16-17)18(2)25-24(31-28)15-23-21-7-6-19-14-20(29-5)9-11-26(19,3)22(21)10-12-27(23,25)4/h6,10,12,17-18,20-25H,7-9,11,13-16H2,1-5H3/t17-,18+,20+,21-,22+,23+,24+,25+,26+,27+,28-/m1/s1. The first-order valence-electron chi connectivity index (χ1n) is 13.0. The van der Waals surface area contributed by atoms with E-state index in [0.717, 1.165) is 31.3 Å². The van der Waals surface area contributed by atoms with Crippen molar-refractivity contribution in [2.75, 3.05) is 13.7 Å². The van der Waals surface area contributed by atoms with E-state index in [2.05, 4.69) is 45.9 Å². The van der Waals surface area contributed by atoms with Crippen LogP contribution in [0.1, 0.15) is 72.6 Å². The maximum absolute atomic E-state index is 6.88. The molecule has 4 aliphatic carbocycles. The minimum Gasteiger partial charge on any atom is -0.381 e. The van der Waals surface area contributed by atoms with Crippen LogP contribution in [0.3, 0.4) is 0 Å². The third kappa shape index (κ3) is 2.75. The summed E-state index contributed by atoms with van der Waals surface area (Å²) in [6, 6.07) is 0. The van der Waals surface area contributed by atoms with Crippen molar-refractivity contribution in [1.82, 2.24) is 0 Å². The quantitative estimate of drug-likeness (QED) is 0.471. The Bertz CT molecular complexity index is 792. The summed E-state index contributed by atoms with van der Waals surface area (Å²) in [4.78, 5) is 0. The lowest BCUT2D eigenvalue weighted by atomic mass is 9.49. The molecule has 4 fully saturated rings. The summed E-state index contributed by atoms with van der Waals surface area (Å²) in [5, 5.41) is 0. The Hall–Kier alpha value is -0.640. The average Bonchev–Trinajstić information content (AvgIpc) is 3.20. The Morgan fingerprint density at radius 2 is 1.97 bits per heavy atom. The highest BCUT2D eigenvalue weighted by Crippen LogP contribution is 2.68. The first kappa shape index (κ1) is 20.9. The van der Waals surface area contributed by atoms with E-state index >= 15 is 0 Å². The van der Waals surface area contributed by atoms with Crippen molar-refractivity contribution in [2.45, 2.75) is 90.6 Å². The Kier molecular flexibility index (Phi) is 4.68. The van der Waals surface area contributed by atoms with Crippen molar-refractivity contribution in [3.8, 4) is 0 Å². The van der Waals surface area contributed by atoms with Crippen molar-refractivity contribution in [3.63, 3.8) is 0 Å². The smallest absolute Gasteiger partial charge is 0.171 e. The van der Waals surface area contributed by atoms with E-state index in [0.29, 0.717) is 41.3 Å². The summed E-state index contributed by atoms with van der Waals surface area (Å²) in [5.41, 5.74) is 2.24. The molecule has 0 aromatic carbocycles. The van der Waals surface area contributed by atoms with Crippen LogP contribution in [0.2, 0.25) is 0 Å². The highest BCUT2D eigenvalue weighted by Gasteiger charge is 2.67. The number of rotatable bonds is 1. The summed E-state index contributed by atoms with van der Waals surface area (Å²) in [7, 11) is 1.88. The average molecular weight is 427 g/mol. The molecule has 2 heterocycles. The number of methoxy groups -OCH3 is 1. The normalized spacial score (nSPS) is 57.8. The summed E-state index contributed by atoms with van der Waals surface area (Å²) in [5.74, 6) is 3.58. The molecule has 6 aliphatic rings. The number of ether oxygens (including phenoxy) is 3. The molecule has 1 spiro atoms. The van der Waals surface area contributed by atoms with Gasteiger partial charge in [0.25, 0.3) is 0 Å². The lowest BCUT2D eigenvalue weighted by Crippen LogP contribution is -2.50. The van der Waals surface area contributed by atoms with Crippen LogP contribution in [0.15, 0.2) is 23.8 Å². The topological polar surface area (TPSA) is 27.7 Å². The van der Waals surface area contributed by atoms with Gasteiger partial charge in [-0.05, 0) is 73.0 Å².